The van der Waals surface area contributed by atoms with Crippen molar-refractivity contribution in [2.75, 3.05) is 11.9 Å². The summed E-state index contributed by atoms with van der Waals surface area (Å²) in [7, 11) is 0. The van der Waals surface area contributed by atoms with Gasteiger partial charge < -0.3 is 15.2 Å². The number of carbonyl (C=O) groups excluding carboxylic acids is 2. The molecule has 0 saturated heterocycles. The highest BCUT2D eigenvalue weighted by Gasteiger charge is 2.12. The first-order valence-corrected chi connectivity index (χ1v) is 8.46. The van der Waals surface area contributed by atoms with Gasteiger partial charge in [-0.05, 0) is 24.1 Å². The van der Waals surface area contributed by atoms with Gasteiger partial charge in [0.05, 0.1) is 23.9 Å². The number of aromatic nitrogens is 3. The zero-order valence-electron chi connectivity index (χ0n) is 14.8. The maximum absolute atomic E-state index is 12.2. The minimum absolute atomic E-state index is 0.140. The fourth-order valence-electron chi connectivity index (χ4n) is 2.75. The largest absolute Gasteiger partial charge is 0.347 e. The molecule has 7 heteroatoms. The lowest BCUT2D eigenvalue weighted by Crippen LogP contribution is -2.33. The third-order valence-electron chi connectivity index (χ3n) is 3.85. The molecule has 0 aliphatic rings. The van der Waals surface area contributed by atoms with Crippen LogP contribution in [0.5, 0.6) is 0 Å². The van der Waals surface area contributed by atoms with Gasteiger partial charge in [0.1, 0.15) is 5.69 Å². The number of fused-ring (bicyclic) bond motifs is 1. The Labute approximate surface area is 151 Å². The van der Waals surface area contributed by atoms with E-state index in [1.54, 1.807) is 0 Å². The first kappa shape index (κ1) is 17.6. The standard InChI is InChI=1S/C19H21N5O2/c1-13(2)12-24-9-6-14-15(4-3-5-17(14)24)23-18(25)11-22-19(26)16-10-20-7-8-21-16/h3-10,13H,11-12H2,1-2H3,(H,22,26)(H,23,25). The minimum atomic E-state index is -0.436. The first-order chi connectivity index (χ1) is 12.5. The summed E-state index contributed by atoms with van der Waals surface area (Å²) in [6.45, 7) is 5.10. The lowest BCUT2D eigenvalue weighted by Gasteiger charge is -2.10. The number of carbonyl (C=O) groups is 2. The summed E-state index contributed by atoms with van der Waals surface area (Å²) < 4.78 is 2.17. The lowest BCUT2D eigenvalue weighted by molar-refractivity contribution is -0.115. The van der Waals surface area contributed by atoms with Crippen LogP contribution in [0.1, 0.15) is 24.3 Å². The van der Waals surface area contributed by atoms with Crippen molar-refractivity contribution >= 4 is 28.4 Å². The van der Waals surface area contributed by atoms with Crippen LogP contribution in [0.15, 0.2) is 49.1 Å². The quantitative estimate of drug-likeness (QED) is 0.714. The Bertz CT molecular complexity index is 918. The fourth-order valence-corrected chi connectivity index (χ4v) is 2.75. The second-order valence-corrected chi connectivity index (χ2v) is 6.42. The Morgan fingerprint density at radius 3 is 2.77 bits per heavy atom. The summed E-state index contributed by atoms with van der Waals surface area (Å²) in [5.74, 6) is -0.207. The maximum atomic E-state index is 12.2. The van der Waals surface area contributed by atoms with Crippen molar-refractivity contribution in [3.8, 4) is 0 Å². The molecule has 3 rings (SSSR count). The van der Waals surface area contributed by atoms with Crippen molar-refractivity contribution in [1.82, 2.24) is 19.9 Å². The van der Waals surface area contributed by atoms with Crippen molar-refractivity contribution in [2.45, 2.75) is 20.4 Å². The van der Waals surface area contributed by atoms with E-state index in [2.05, 4.69) is 39.0 Å². The summed E-state index contributed by atoms with van der Waals surface area (Å²) in [5, 5.41) is 6.37. The molecule has 3 aromatic rings. The van der Waals surface area contributed by atoms with Crippen LogP contribution in [-0.4, -0.2) is 32.9 Å². The Hall–Kier alpha value is -3.22. The number of hydrogen-bond acceptors (Lipinski definition) is 4. The van der Waals surface area contributed by atoms with E-state index in [0.29, 0.717) is 5.92 Å². The van der Waals surface area contributed by atoms with Crippen molar-refractivity contribution in [3.05, 3.63) is 54.7 Å². The van der Waals surface area contributed by atoms with Gasteiger partial charge >= 0.3 is 0 Å². The van der Waals surface area contributed by atoms with Crippen LogP contribution < -0.4 is 10.6 Å². The number of anilines is 1. The Morgan fingerprint density at radius 2 is 2.04 bits per heavy atom. The highest BCUT2D eigenvalue weighted by molar-refractivity contribution is 6.03. The number of benzene rings is 1. The second kappa shape index (κ2) is 7.77. The second-order valence-electron chi connectivity index (χ2n) is 6.42. The monoisotopic (exact) mass is 351 g/mol. The summed E-state index contributed by atoms with van der Waals surface area (Å²) in [6.07, 6.45) is 6.29. The van der Waals surface area contributed by atoms with E-state index in [9.17, 15) is 9.59 Å². The van der Waals surface area contributed by atoms with Gasteiger partial charge in [-0.1, -0.05) is 19.9 Å². The number of amides is 2. The smallest absolute Gasteiger partial charge is 0.271 e. The van der Waals surface area contributed by atoms with E-state index in [-0.39, 0.29) is 18.1 Å². The topological polar surface area (TPSA) is 88.9 Å². The van der Waals surface area contributed by atoms with Gasteiger partial charge in [-0.3, -0.25) is 14.6 Å². The highest BCUT2D eigenvalue weighted by atomic mass is 16.2. The normalized spacial score (nSPS) is 10.9. The molecule has 0 radical (unpaired) electrons. The maximum Gasteiger partial charge on any atom is 0.271 e. The van der Waals surface area contributed by atoms with Crippen molar-refractivity contribution in [2.24, 2.45) is 5.92 Å². The van der Waals surface area contributed by atoms with Crippen LogP contribution in [0.3, 0.4) is 0 Å². The molecule has 0 unspecified atom stereocenters. The molecule has 0 bridgehead atoms. The van der Waals surface area contributed by atoms with E-state index in [0.717, 1.165) is 23.1 Å². The SMILES string of the molecule is CC(C)Cn1ccc2c(NC(=O)CNC(=O)c3cnccn3)cccc21. The molecule has 2 N–H and O–H groups in total. The summed E-state index contributed by atoms with van der Waals surface area (Å²) in [6, 6.07) is 7.78. The molecule has 0 spiro atoms. The predicted molar refractivity (Wildman–Crippen MR) is 99.8 cm³/mol. The molecule has 0 aliphatic carbocycles. The van der Waals surface area contributed by atoms with Gasteiger partial charge in [0.25, 0.3) is 5.91 Å². The van der Waals surface area contributed by atoms with Gasteiger partial charge in [-0.2, -0.15) is 0 Å². The Kier molecular flexibility index (Phi) is 5.26. The van der Waals surface area contributed by atoms with Crippen LogP contribution in [0.25, 0.3) is 10.9 Å². The molecule has 1 aromatic carbocycles. The predicted octanol–water partition coefficient (Wildman–Crippen LogP) is 2.46. The van der Waals surface area contributed by atoms with Crippen molar-refractivity contribution in [3.63, 3.8) is 0 Å². The average molecular weight is 351 g/mol. The molecule has 0 fully saturated rings. The van der Waals surface area contributed by atoms with Gasteiger partial charge in [0.2, 0.25) is 5.91 Å². The van der Waals surface area contributed by atoms with Crippen LogP contribution in [-0.2, 0) is 11.3 Å². The molecule has 2 aromatic heterocycles. The van der Waals surface area contributed by atoms with Gasteiger partial charge in [-0.25, -0.2) is 4.98 Å². The Balaban J connectivity index is 1.66. The van der Waals surface area contributed by atoms with E-state index in [1.807, 2.05) is 30.5 Å². The molecule has 7 nitrogen and oxygen atoms in total. The zero-order valence-corrected chi connectivity index (χ0v) is 14.8. The molecular weight excluding hydrogens is 330 g/mol. The molecule has 0 aliphatic heterocycles. The third kappa shape index (κ3) is 4.05. The minimum Gasteiger partial charge on any atom is -0.347 e. The molecular formula is C19H21N5O2. The van der Waals surface area contributed by atoms with E-state index in [4.69, 9.17) is 0 Å². The molecule has 2 amide bonds. The van der Waals surface area contributed by atoms with Crippen LogP contribution >= 0.6 is 0 Å². The highest BCUT2D eigenvalue weighted by Crippen LogP contribution is 2.25. The van der Waals surface area contributed by atoms with Crippen LogP contribution in [0, 0.1) is 5.92 Å². The summed E-state index contributed by atoms with van der Waals surface area (Å²) >= 11 is 0. The molecule has 134 valence electrons. The number of hydrogen-bond donors (Lipinski definition) is 2. The van der Waals surface area contributed by atoms with Crippen LogP contribution in [0.4, 0.5) is 5.69 Å². The van der Waals surface area contributed by atoms with Gasteiger partial charge in [-0.15, -0.1) is 0 Å². The average Bonchev–Trinajstić information content (AvgIpc) is 3.04. The fraction of sp³-hybridized carbons (Fsp3) is 0.263. The third-order valence-corrected chi connectivity index (χ3v) is 3.85. The summed E-state index contributed by atoms with van der Waals surface area (Å²) in [4.78, 5) is 31.9. The Morgan fingerprint density at radius 1 is 1.19 bits per heavy atom. The molecule has 2 heterocycles. The lowest BCUT2D eigenvalue weighted by atomic mass is 10.2. The molecule has 26 heavy (non-hydrogen) atoms. The molecule has 0 saturated carbocycles. The van der Waals surface area contributed by atoms with Crippen molar-refractivity contribution < 1.29 is 9.59 Å². The first-order valence-electron chi connectivity index (χ1n) is 8.46. The van der Waals surface area contributed by atoms with Gasteiger partial charge in [0.15, 0.2) is 0 Å². The number of rotatable bonds is 6. The van der Waals surface area contributed by atoms with E-state index < -0.39 is 5.91 Å². The van der Waals surface area contributed by atoms with Gasteiger partial charge in [0, 0.05) is 30.5 Å². The van der Waals surface area contributed by atoms with Crippen LogP contribution in [0.2, 0.25) is 0 Å². The van der Waals surface area contributed by atoms with E-state index in [1.165, 1.54) is 18.6 Å². The zero-order chi connectivity index (χ0) is 18.5. The number of nitrogens with zero attached hydrogens (tertiary/aromatic N) is 3. The summed E-state index contributed by atoms with van der Waals surface area (Å²) in [5.41, 5.74) is 1.97. The van der Waals surface area contributed by atoms with Crippen molar-refractivity contribution in [1.29, 1.82) is 0 Å². The number of nitrogens with one attached hydrogen (secondary N) is 2. The molecule has 0 atom stereocenters. The van der Waals surface area contributed by atoms with E-state index >= 15 is 0 Å².